The minimum Gasteiger partial charge on any atom is -0.372 e. The molecule has 2 amide bonds. The van der Waals surface area contributed by atoms with E-state index in [0.29, 0.717) is 41.0 Å². The maximum absolute atomic E-state index is 13.8. The lowest BCUT2D eigenvalue weighted by atomic mass is 10.0. The van der Waals surface area contributed by atoms with Gasteiger partial charge in [-0.05, 0) is 80.3 Å². The Kier molecular flexibility index (Phi) is 9.21. The highest BCUT2D eigenvalue weighted by molar-refractivity contribution is 6.30. The number of fused-ring (bicyclic) bond motifs is 1. The third-order valence-corrected chi connectivity index (χ3v) is 7.03. The summed E-state index contributed by atoms with van der Waals surface area (Å²) < 4.78 is 6.25. The van der Waals surface area contributed by atoms with Crippen molar-refractivity contribution in [1.29, 1.82) is 0 Å². The first-order valence-electron chi connectivity index (χ1n) is 13.2. The fourth-order valence-corrected chi connectivity index (χ4v) is 5.01. The highest BCUT2D eigenvalue weighted by atomic mass is 35.5. The number of carbonyl (C=O) groups is 2. The SMILES string of the molecule is Cc1ccccc1C(=O)Nc1ccc(C(=O)N2CCCC(OCCNC(C)C)c3cc(Cl)ccc32)c(C)c1. The lowest BCUT2D eigenvalue weighted by Crippen LogP contribution is -2.32. The van der Waals surface area contributed by atoms with Crippen molar-refractivity contribution in [2.24, 2.45) is 0 Å². The van der Waals surface area contributed by atoms with Gasteiger partial charge in [-0.25, -0.2) is 0 Å². The van der Waals surface area contributed by atoms with Gasteiger partial charge in [0.05, 0.1) is 12.7 Å². The van der Waals surface area contributed by atoms with E-state index in [1.54, 1.807) is 18.2 Å². The predicted molar refractivity (Wildman–Crippen MR) is 155 cm³/mol. The number of ether oxygens (including phenoxy) is 1. The molecule has 1 unspecified atom stereocenters. The van der Waals surface area contributed by atoms with E-state index in [1.165, 1.54) is 0 Å². The van der Waals surface area contributed by atoms with Gasteiger partial charge >= 0.3 is 0 Å². The number of benzene rings is 3. The standard InChI is InChI=1S/C31H36ClN3O3/c1-20(2)33-15-17-38-29-10-7-16-35(28-14-11-23(32)19-27(28)29)31(37)26-13-12-24(18-22(26)4)34-30(36)25-9-6-5-8-21(25)3/h5-6,8-9,11-14,18-20,29,33H,7,10,15-17H2,1-4H3,(H,34,36). The maximum Gasteiger partial charge on any atom is 0.258 e. The second kappa shape index (κ2) is 12.6. The molecule has 0 saturated heterocycles. The number of hydrogen-bond donors (Lipinski definition) is 2. The Hall–Kier alpha value is -3.19. The molecule has 1 aliphatic rings. The Morgan fingerprint density at radius 1 is 1.03 bits per heavy atom. The first kappa shape index (κ1) is 27.8. The Morgan fingerprint density at radius 2 is 1.82 bits per heavy atom. The van der Waals surface area contributed by atoms with Crippen LogP contribution >= 0.6 is 11.6 Å². The molecule has 4 rings (SSSR count). The topological polar surface area (TPSA) is 70.7 Å². The highest BCUT2D eigenvalue weighted by Crippen LogP contribution is 2.38. The van der Waals surface area contributed by atoms with Crippen molar-refractivity contribution in [3.63, 3.8) is 0 Å². The molecule has 0 spiro atoms. The molecule has 0 aromatic heterocycles. The molecule has 0 radical (unpaired) electrons. The van der Waals surface area contributed by atoms with Crippen molar-refractivity contribution in [2.75, 3.05) is 29.9 Å². The summed E-state index contributed by atoms with van der Waals surface area (Å²) in [6.07, 6.45) is 1.49. The molecule has 1 atom stereocenters. The van der Waals surface area contributed by atoms with E-state index in [4.69, 9.17) is 16.3 Å². The largest absolute Gasteiger partial charge is 0.372 e. The van der Waals surface area contributed by atoms with E-state index in [9.17, 15) is 9.59 Å². The van der Waals surface area contributed by atoms with Gasteiger partial charge in [-0.3, -0.25) is 9.59 Å². The summed E-state index contributed by atoms with van der Waals surface area (Å²) in [5, 5.41) is 6.95. The molecule has 1 aliphatic heterocycles. The molecule has 0 aliphatic carbocycles. The van der Waals surface area contributed by atoms with Crippen molar-refractivity contribution < 1.29 is 14.3 Å². The van der Waals surface area contributed by atoms with Gasteiger partial charge in [0.1, 0.15) is 0 Å². The predicted octanol–water partition coefficient (Wildman–Crippen LogP) is 6.71. The maximum atomic E-state index is 13.8. The first-order valence-corrected chi connectivity index (χ1v) is 13.6. The summed E-state index contributed by atoms with van der Waals surface area (Å²) in [5.41, 5.74) is 5.35. The quantitative estimate of drug-likeness (QED) is 0.316. The Morgan fingerprint density at radius 3 is 2.55 bits per heavy atom. The molecule has 0 saturated carbocycles. The van der Waals surface area contributed by atoms with Crippen LogP contribution in [-0.2, 0) is 4.74 Å². The highest BCUT2D eigenvalue weighted by Gasteiger charge is 2.28. The fourth-order valence-electron chi connectivity index (χ4n) is 4.83. The van der Waals surface area contributed by atoms with Gasteiger partial charge in [0.25, 0.3) is 11.8 Å². The molecule has 6 nitrogen and oxygen atoms in total. The Balaban J connectivity index is 1.54. The Labute approximate surface area is 230 Å². The number of amides is 2. The molecule has 7 heteroatoms. The van der Waals surface area contributed by atoms with Crippen LogP contribution in [0.5, 0.6) is 0 Å². The zero-order valence-electron chi connectivity index (χ0n) is 22.5. The number of rotatable bonds is 8. The van der Waals surface area contributed by atoms with E-state index in [2.05, 4.69) is 24.5 Å². The summed E-state index contributed by atoms with van der Waals surface area (Å²) in [6, 6.07) is 18.9. The van der Waals surface area contributed by atoms with E-state index in [1.807, 2.05) is 61.2 Å². The van der Waals surface area contributed by atoms with Gasteiger partial charge < -0.3 is 20.3 Å². The van der Waals surface area contributed by atoms with Crippen LogP contribution < -0.4 is 15.5 Å². The van der Waals surface area contributed by atoms with Crippen LogP contribution in [0, 0.1) is 13.8 Å². The second-order valence-corrected chi connectivity index (χ2v) is 10.5. The van der Waals surface area contributed by atoms with Crippen molar-refractivity contribution in [3.8, 4) is 0 Å². The lowest BCUT2D eigenvalue weighted by molar-refractivity contribution is 0.0485. The van der Waals surface area contributed by atoms with Gasteiger partial charge in [-0.1, -0.05) is 43.6 Å². The Bertz CT molecular complexity index is 1310. The smallest absolute Gasteiger partial charge is 0.258 e. The number of halogens is 1. The van der Waals surface area contributed by atoms with Gasteiger partial charge in [0.15, 0.2) is 0 Å². The monoisotopic (exact) mass is 533 g/mol. The number of nitrogens with one attached hydrogen (secondary N) is 2. The molecule has 0 bridgehead atoms. The van der Waals surface area contributed by atoms with Crippen LogP contribution in [0.15, 0.2) is 60.7 Å². The summed E-state index contributed by atoms with van der Waals surface area (Å²) in [5.74, 6) is -0.250. The lowest BCUT2D eigenvalue weighted by Gasteiger charge is -2.25. The molecule has 3 aromatic carbocycles. The molecular formula is C31H36ClN3O3. The van der Waals surface area contributed by atoms with Crippen molar-refractivity contribution in [1.82, 2.24) is 5.32 Å². The van der Waals surface area contributed by atoms with Crippen LogP contribution in [0.3, 0.4) is 0 Å². The van der Waals surface area contributed by atoms with Crippen LogP contribution in [0.4, 0.5) is 11.4 Å². The molecule has 38 heavy (non-hydrogen) atoms. The number of nitrogens with zero attached hydrogens (tertiary/aromatic N) is 1. The second-order valence-electron chi connectivity index (χ2n) is 10.1. The summed E-state index contributed by atoms with van der Waals surface area (Å²) >= 11 is 6.37. The van der Waals surface area contributed by atoms with Crippen LogP contribution in [-0.4, -0.2) is 37.6 Å². The third kappa shape index (κ3) is 6.62. The van der Waals surface area contributed by atoms with Gasteiger partial charge in [0, 0.05) is 52.2 Å². The van der Waals surface area contributed by atoms with E-state index in [-0.39, 0.29) is 17.9 Å². The van der Waals surface area contributed by atoms with E-state index in [0.717, 1.165) is 41.8 Å². The van der Waals surface area contributed by atoms with Crippen molar-refractivity contribution in [2.45, 2.75) is 52.7 Å². The summed E-state index contributed by atoms with van der Waals surface area (Å²) in [4.78, 5) is 28.4. The minimum absolute atomic E-state index is 0.0787. The fraction of sp³-hybridized carbons (Fsp3) is 0.355. The number of anilines is 2. The zero-order valence-corrected chi connectivity index (χ0v) is 23.3. The normalized spacial score (nSPS) is 15.2. The molecule has 200 valence electrons. The van der Waals surface area contributed by atoms with E-state index >= 15 is 0 Å². The molecule has 2 N–H and O–H groups in total. The van der Waals surface area contributed by atoms with Gasteiger partial charge in [0.2, 0.25) is 0 Å². The summed E-state index contributed by atoms with van der Waals surface area (Å²) in [6.45, 7) is 9.95. The van der Waals surface area contributed by atoms with Crippen molar-refractivity contribution >= 4 is 34.8 Å². The molecule has 1 heterocycles. The van der Waals surface area contributed by atoms with Crippen LogP contribution in [0.1, 0.15) is 70.2 Å². The molecular weight excluding hydrogens is 498 g/mol. The van der Waals surface area contributed by atoms with Gasteiger partial charge in [-0.2, -0.15) is 0 Å². The zero-order chi connectivity index (χ0) is 27.2. The number of aryl methyl sites for hydroxylation is 2. The van der Waals surface area contributed by atoms with Crippen molar-refractivity contribution in [3.05, 3.63) is 93.5 Å². The average Bonchev–Trinajstić information content (AvgIpc) is 3.05. The average molecular weight is 534 g/mol. The minimum atomic E-state index is -0.172. The third-order valence-electron chi connectivity index (χ3n) is 6.80. The summed E-state index contributed by atoms with van der Waals surface area (Å²) in [7, 11) is 0. The van der Waals surface area contributed by atoms with Crippen LogP contribution in [0.25, 0.3) is 0 Å². The van der Waals surface area contributed by atoms with Gasteiger partial charge in [-0.15, -0.1) is 0 Å². The van der Waals surface area contributed by atoms with E-state index < -0.39 is 0 Å². The number of hydrogen-bond acceptors (Lipinski definition) is 4. The van der Waals surface area contributed by atoms with Crippen LogP contribution in [0.2, 0.25) is 5.02 Å². The number of carbonyl (C=O) groups excluding carboxylic acids is 2. The molecule has 0 fully saturated rings. The first-order chi connectivity index (χ1) is 18.2. The molecule has 3 aromatic rings.